The second kappa shape index (κ2) is 15.7. The van der Waals surface area contributed by atoms with Crippen molar-refractivity contribution in [3.8, 4) is 5.75 Å². The van der Waals surface area contributed by atoms with E-state index in [2.05, 4.69) is 16.0 Å². The number of carboxylic acids is 1. The van der Waals surface area contributed by atoms with E-state index in [1.54, 1.807) is 54.6 Å². The zero-order chi connectivity index (χ0) is 31.4. The van der Waals surface area contributed by atoms with E-state index in [1.165, 1.54) is 12.1 Å². The number of hydrogen-bond donors (Lipinski definition) is 7. The molecule has 0 fully saturated rings. The molecule has 4 amide bonds. The quantitative estimate of drug-likeness (QED) is 0.129. The minimum atomic E-state index is -1.53. The fourth-order valence-electron chi connectivity index (χ4n) is 4.32. The number of aromatic hydroxyl groups is 1. The number of nitrogens with one attached hydrogen (secondary N) is 3. The molecule has 43 heavy (non-hydrogen) atoms. The van der Waals surface area contributed by atoms with Crippen LogP contribution in [0.3, 0.4) is 0 Å². The Balaban J connectivity index is 1.77. The number of benzene rings is 3. The number of phenolic OH excluding ortho intramolecular Hbond substituents is 1. The molecule has 0 spiro atoms. The van der Waals surface area contributed by atoms with E-state index in [0.717, 1.165) is 5.56 Å². The molecule has 0 aliphatic heterocycles. The summed E-state index contributed by atoms with van der Waals surface area (Å²) in [5, 5.41) is 26.7. The fourth-order valence-corrected chi connectivity index (χ4v) is 4.32. The number of amides is 4. The van der Waals surface area contributed by atoms with Crippen LogP contribution in [0.1, 0.15) is 23.1 Å². The second-order valence-corrected chi connectivity index (χ2v) is 10.0. The Bertz CT molecular complexity index is 1400. The third-order valence-electron chi connectivity index (χ3n) is 6.58. The van der Waals surface area contributed by atoms with Crippen LogP contribution in [0.5, 0.6) is 5.75 Å². The van der Waals surface area contributed by atoms with Crippen molar-refractivity contribution in [2.45, 2.75) is 49.9 Å². The number of nitrogens with two attached hydrogens (primary N) is 2. The van der Waals surface area contributed by atoms with Gasteiger partial charge in [0.1, 0.15) is 23.9 Å². The van der Waals surface area contributed by atoms with Gasteiger partial charge in [-0.05, 0) is 35.2 Å². The van der Waals surface area contributed by atoms with Crippen LogP contribution in [0.25, 0.3) is 0 Å². The zero-order valence-corrected chi connectivity index (χ0v) is 23.3. The number of aliphatic carboxylic acids is 1. The van der Waals surface area contributed by atoms with Crippen molar-refractivity contribution in [3.05, 3.63) is 102 Å². The van der Waals surface area contributed by atoms with Gasteiger partial charge in [0.15, 0.2) is 0 Å². The monoisotopic (exact) mass is 589 g/mol. The molecule has 3 aromatic rings. The Morgan fingerprint density at radius 1 is 0.605 bits per heavy atom. The van der Waals surface area contributed by atoms with E-state index in [0.29, 0.717) is 11.1 Å². The van der Waals surface area contributed by atoms with Crippen molar-refractivity contribution in [3.63, 3.8) is 0 Å². The lowest BCUT2D eigenvalue weighted by Crippen LogP contribution is -2.58. The van der Waals surface area contributed by atoms with E-state index in [1.807, 2.05) is 18.2 Å². The van der Waals surface area contributed by atoms with Crippen LogP contribution in [0.15, 0.2) is 84.9 Å². The summed E-state index contributed by atoms with van der Waals surface area (Å²) in [7, 11) is 0. The number of phenols is 1. The van der Waals surface area contributed by atoms with Gasteiger partial charge in [-0.15, -0.1) is 0 Å². The molecular formula is C31H35N5O7. The standard InChI is InChI=1S/C31H35N5O7/c32-23(15-19-7-3-1-4-8-19)28(39)34-24(16-21-11-13-22(37)14-12-21)29(40)35-25(18-27(33)38)30(41)36-26(31(42)43)17-20-9-5-2-6-10-20/h1-14,23-26,37H,15-18,32H2,(H2,33,38)(H,34,39)(H,35,40)(H,36,41)(H,42,43). The van der Waals surface area contributed by atoms with Gasteiger partial charge >= 0.3 is 5.97 Å². The smallest absolute Gasteiger partial charge is 0.326 e. The van der Waals surface area contributed by atoms with Gasteiger partial charge in [-0.3, -0.25) is 19.2 Å². The summed E-state index contributed by atoms with van der Waals surface area (Å²) in [5.41, 5.74) is 13.5. The molecular weight excluding hydrogens is 554 g/mol. The van der Waals surface area contributed by atoms with Crippen molar-refractivity contribution in [1.82, 2.24) is 16.0 Å². The Kier molecular flexibility index (Phi) is 11.8. The maximum absolute atomic E-state index is 13.5. The molecule has 0 aliphatic rings. The maximum Gasteiger partial charge on any atom is 0.326 e. The lowest BCUT2D eigenvalue weighted by Gasteiger charge is -2.25. The normalized spacial score (nSPS) is 13.5. The number of rotatable bonds is 15. The lowest BCUT2D eigenvalue weighted by molar-refractivity contribution is -0.142. The number of carbonyl (C=O) groups excluding carboxylic acids is 4. The number of hydrogen-bond acceptors (Lipinski definition) is 7. The molecule has 4 unspecified atom stereocenters. The average Bonchev–Trinajstić information content (AvgIpc) is 2.97. The first-order valence-corrected chi connectivity index (χ1v) is 13.6. The first-order valence-electron chi connectivity index (χ1n) is 13.6. The molecule has 0 radical (unpaired) electrons. The summed E-state index contributed by atoms with van der Waals surface area (Å²) < 4.78 is 0. The van der Waals surface area contributed by atoms with E-state index >= 15 is 0 Å². The Labute approximate surface area is 248 Å². The number of carbonyl (C=O) groups is 5. The van der Waals surface area contributed by atoms with Crippen molar-refractivity contribution in [1.29, 1.82) is 0 Å². The van der Waals surface area contributed by atoms with Gasteiger partial charge in [-0.2, -0.15) is 0 Å². The van der Waals surface area contributed by atoms with Gasteiger partial charge in [0.25, 0.3) is 0 Å². The topological polar surface area (TPSA) is 214 Å². The SMILES string of the molecule is NC(=O)CC(NC(=O)C(Cc1ccc(O)cc1)NC(=O)C(N)Cc1ccccc1)C(=O)NC(Cc1ccccc1)C(=O)O. The average molecular weight is 590 g/mol. The molecule has 226 valence electrons. The van der Waals surface area contributed by atoms with E-state index in [4.69, 9.17) is 11.5 Å². The summed E-state index contributed by atoms with van der Waals surface area (Å²) in [6, 6.07) is 18.5. The molecule has 0 heterocycles. The van der Waals surface area contributed by atoms with E-state index in [9.17, 15) is 34.2 Å². The molecule has 0 bridgehead atoms. The molecule has 0 aromatic heterocycles. The van der Waals surface area contributed by atoms with Gasteiger partial charge in [-0.1, -0.05) is 72.8 Å². The van der Waals surface area contributed by atoms with Gasteiger partial charge in [0, 0.05) is 12.8 Å². The minimum Gasteiger partial charge on any atom is -0.508 e. The molecule has 4 atom stereocenters. The van der Waals surface area contributed by atoms with Gasteiger partial charge in [0.05, 0.1) is 12.5 Å². The van der Waals surface area contributed by atoms with Crippen molar-refractivity contribution < 1.29 is 34.2 Å². The van der Waals surface area contributed by atoms with Crippen LogP contribution in [-0.2, 0) is 43.2 Å². The highest BCUT2D eigenvalue weighted by Gasteiger charge is 2.31. The first-order chi connectivity index (χ1) is 20.5. The Morgan fingerprint density at radius 3 is 1.58 bits per heavy atom. The molecule has 9 N–H and O–H groups in total. The Morgan fingerprint density at radius 2 is 1.05 bits per heavy atom. The summed E-state index contributed by atoms with van der Waals surface area (Å²) in [6.45, 7) is 0. The summed E-state index contributed by atoms with van der Waals surface area (Å²) in [6.07, 6.45) is -0.516. The summed E-state index contributed by atoms with van der Waals surface area (Å²) in [5.74, 6) is -4.63. The van der Waals surface area contributed by atoms with Crippen LogP contribution in [0.2, 0.25) is 0 Å². The Hall–Kier alpha value is -5.23. The molecule has 0 aliphatic carbocycles. The number of primary amides is 1. The van der Waals surface area contributed by atoms with Crippen LogP contribution < -0.4 is 27.4 Å². The van der Waals surface area contributed by atoms with Crippen LogP contribution >= 0.6 is 0 Å². The fraction of sp³-hybridized carbons (Fsp3) is 0.258. The van der Waals surface area contributed by atoms with E-state index in [-0.39, 0.29) is 25.0 Å². The zero-order valence-electron chi connectivity index (χ0n) is 23.3. The molecule has 12 nitrogen and oxygen atoms in total. The summed E-state index contributed by atoms with van der Waals surface area (Å²) >= 11 is 0. The van der Waals surface area contributed by atoms with E-state index < -0.39 is 60.2 Å². The molecule has 3 rings (SSSR count). The van der Waals surface area contributed by atoms with Crippen LogP contribution in [0.4, 0.5) is 0 Å². The predicted octanol–water partition coefficient (Wildman–Crippen LogP) is 0.162. The highest BCUT2D eigenvalue weighted by molar-refractivity contribution is 5.96. The molecule has 12 heteroatoms. The summed E-state index contributed by atoms with van der Waals surface area (Å²) in [4.78, 5) is 63.3. The van der Waals surface area contributed by atoms with Crippen LogP contribution in [-0.4, -0.2) is 64.0 Å². The maximum atomic E-state index is 13.5. The van der Waals surface area contributed by atoms with Crippen LogP contribution in [0, 0.1) is 0 Å². The molecule has 0 saturated heterocycles. The van der Waals surface area contributed by atoms with Crippen molar-refractivity contribution >= 4 is 29.6 Å². The number of carboxylic acid groups (broad SMARTS) is 1. The lowest BCUT2D eigenvalue weighted by atomic mass is 10.0. The van der Waals surface area contributed by atoms with Gasteiger partial charge < -0.3 is 37.6 Å². The molecule has 3 aromatic carbocycles. The third-order valence-corrected chi connectivity index (χ3v) is 6.58. The van der Waals surface area contributed by atoms with Crippen molar-refractivity contribution in [2.24, 2.45) is 11.5 Å². The van der Waals surface area contributed by atoms with Crippen molar-refractivity contribution in [2.75, 3.05) is 0 Å². The minimum absolute atomic E-state index is 0.000325. The highest BCUT2D eigenvalue weighted by atomic mass is 16.4. The third kappa shape index (κ3) is 10.6. The first kappa shape index (κ1) is 32.3. The predicted molar refractivity (Wildman–Crippen MR) is 157 cm³/mol. The second-order valence-electron chi connectivity index (χ2n) is 10.0. The highest BCUT2D eigenvalue weighted by Crippen LogP contribution is 2.12. The molecule has 0 saturated carbocycles. The largest absolute Gasteiger partial charge is 0.508 e. The van der Waals surface area contributed by atoms with Gasteiger partial charge in [0.2, 0.25) is 23.6 Å². The van der Waals surface area contributed by atoms with Gasteiger partial charge in [-0.25, -0.2) is 4.79 Å².